The standard InChI is InChI=1S/C11H18N4/c1-2-9-3-6-15(8-9)11-10(7-12)13-4-5-14-11/h4-5,9H,2-3,6-8,12H2,1H3. The molecule has 1 saturated heterocycles. The van der Waals surface area contributed by atoms with E-state index in [-0.39, 0.29) is 0 Å². The van der Waals surface area contributed by atoms with Crippen LogP contribution in [-0.2, 0) is 6.54 Å². The van der Waals surface area contributed by atoms with E-state index >= 15 is 0 Å². The van der Waals surface area contributed by atoms with E-state index in [1.165, 1.54) is 12.8 Å². The molecule has 0 amide bonds. The average molecular weight is 206 g/mol. The molecule has 0 aromatic carbocycles. The molecule has 1 atom stereocenters. The van der Waals surface area contributed by atoms with Gasteiger partial charge in [-0.3, -0.25) is 4.98 Å². The molecule has 0 radical (unpaired) electrons. The van der Waals surface area contributed by atoms with Gasteiger partial charge in [-0.1, -0.05) is 13.3 Å². The van der Waals surface area contributed by atoms with Crippen molar-refractivity contribution in [2.45, 2.75) is 26.3 Å². The summed E-state index contributed by atoms with van der Waals surface area (Å²) in [4.78, 5) is 11.0. The molecule has 4 heteroatoms. The first-order valence-corrected chi connectivity index (χ1v) is 5.60. The summed E-state index contributed by atoms with van der Waals surface area (Å²) in [5, 5.41) is 0. The normalized spacial score (nSPS) is 20.9. The van der Waals surface area contributed by atoms with Gasteiger partial charge in [-0.15, -0.1) is 0 Å². The van der Waals surface area contributed by atoms with Crippen LogP contribution in [0.5, 0.6) is 0 Å². The lowest BCUT2D eigenvalue weighted by atomic mass is 10.1. The maximum Gasteiger partial charge on any atom is 0.151 e. The SMILES string of the molecule is CCC1CCN(c2nccnc2CN)C1. The van der Waals surface area contributed by atoms with Gasteiger partial charge in [0.05, 0.1) is 5.69 Å². The van der Waals surface area contributed by atoms with Crippen LogP contribution < -0.4 is 10.6 Å². The lowest BCUT2D eigenvalue weighted by Gasteiger charge is -2.19. The average Bonchev–Trinajstić information content (AvgIpc) is 2.77. The molecule has 1 aromatic rings. The van der Waals surface area contributed by atoms with Crippen molar-refractivity contribution < 1.29 is 0 Å². The van der Waals surface area contributed by atoms with E-state index in [1.54, 1.807) is 12.4 Å². The van der Waals surface area contributed by atoms with Gasteiger partial charge in [-0.05, 0) is 12.3 Å². The minimum absolute atomic E-state index is 0.469. The van der Waals surface area contributed by atoms with Crippen LogP contribution in [0.4, 0.5) is 5.82 Å². The molecule has 1 unspecified atom stereocenters. The van der Waals surface area contributed by atoms with Gasteiger partial charge in [0.2, 0.25) is 0 Å². The second-order valence-corrected chi connectivity index (χ2v) is 4.04. The predicted octanol–water partition coefficient (Wildman–Crippen LogP) is 1.17. The zero-order valence-corrected chi connectivity index (χ0v) is 9.19. The first-order chi connectivity index (χ1) is 7.35. The molecule has 2 N–H and O–H groups in total. The van der Waals surface area contributed by atoms with Gasteiger partial charge < -0.3 is 10.6 Å². The van der Waals surface area contributed by atoms with Crippen LogP contribution in [0.3, 0.4) is 0 Å². The molecule has 1 aliphatic rings. The van der Waals surface area contributed by atoms with Crippen molar-refractivity contribution in [3.05, 3.63) is 18.1 Å². The molecule has 1 aliphatic heterocycles. The number of nitrogens with two attached hydrogens (primary N) is 1. The highest BCUT2D eigenvalue weighted by molar-refractivity contribution is 5.43. The third kappa shape index (κ3) is 2.09. The smallest absolute Gasteiger partial charge is 0.151 e. The first-order valence-electron chi connectivity index (χ1n) is 5.60. The highest BCUT2D eigenvalue weighted by Gasteiger charge is 2.23. The van der Waals surface area contributed by atoms with Crippen LogP contribution in [-0.4, -0.2) is 23.1 Å². The predicted molar refractivity (Wildman–Crippen MR) is 60.5 cm³/mol. The highest BCUT2D eigenvalue weighted by Crippen LogP contribution is 2.25. The van der Waals surface area contributed by atoms with Crippen LogP contribution >= 0.6 is 0 Å². The second kappa shape index (κ2) is 4.57. The van der Waals surface area contributed by atoms with Crippen molar-refractivity contribution in [3.8, 4) is 0 Å². The minimum atomic E-state index is 0.469. The summed E-state index contributed by atoms with van der Waals surface area (Å²) in [5.74, 6) is 1.79. The van der Waals surface area contributed by atoms with Gasteiger partial charge in [0.25, 0.3) is 0 Å². The van der Waals surface area contributed by atoms with Crippen molar-refractivity contribution >= 4 is 5.82 Å². The molecule has 2 heterocycles. The van der Waals surface area contributed by atoms with E-state index in [1.807, 2.05) is 0 Å². The van der Waals surface area contributed by atoms with Crippen molar-refractivity contribution in [1.29, 1.82) is 0 Å². The molecule has 4 nitrogen and oxygen atoms in total. The quantitative estimate of drug-likeness (QED) is 0.806. The zero-order chi connectivity index (χ0) is 10.7. The van der Waals surface area contributed by atoms with Gasteiger partial charge in [-0.2, -0.15) is 0 Å². The van der Waals surface area contributed by atoms with Gasteiger partial charge in [-0.25, -0.2) is 4.98 Å². The van der Waals surface area contributed by atoms with E-state index in [4.69, 9.17) is 5.73 Å². The van der Waals surface area contributed by atoms with Crippen LogP contribution in [0, 0.1) is 5.92 Å². The first kappa shape index (κ1) is 10.4. The summed E-state index contributed by atoms with van der Waals surface area (Å²) in [6.07, 6.45) is 5.96. The molecular weight excluding hydrogens is 188 g/mol. The maximum atomic E-state index is 5.66. The Balaban J connectivity index is 2.16. The lowest BCUT2D eigenvalue weighted by molar-refractivity contribution is 0.568. The maximum absolute atomic E-state index is 5.66. The minimum Gasteiger partial charge on any atom is -0.355 e. The molecule has 1 fully saturated rings. The fraction of sp³-hybridized carbons (Fsp3) is 0.636. The number of aromatic nitrogens is 2. The number of rotatable bonds is 3. The topological polar surface area (TPSA) is 55.0 Å². The summed E-state index contributed by atoms with van der Waals surface area (Å²) in [6.45, 7) is 4.90. The van der Waals surface area contributed by atoms with Crippen molar-refractivity contribution in [2.75, 3.05) is 18.0 Å². The van der Waals surface area contributed by atoms with E-state index < -0.39 is 0 Å². The Kier molecular flexibility index (Phi) is 3.16. The van der Waals surface area contributed by atoms with Gasteiger partial charge in [0, 0.05) is 32.0 Å². The monoisotopic (exact) mass is 206 g/mol. The van der Waals surface area contributed by atoms with E-state index in [0.717, 1.165) is 30.5 Å². The van der Waals surface area contributed by atoms with Crippen molar-refractivity contribution in [3.63, 3.8) is 0 Å². The molecule has 0 saturated carbocycles. The summed E-state index contributed by atoms with van der Waals surface area (Å²) in [7, 11) is 0. The Hall–Kier alpha value is -1.16. The summed E-state index contributed by atoms with van der Waals surface area (Å²) < 4.78 is 0. The molecule has 0 spiro atoms. The van der Waals surface area contributed by atoms with Gasteiger partial charge >= 0.3 is 0 Å². The third-order valence-corrected chi connectivity index (χ3v) is 3.11. The van der Waals surface area contributed by atoms with E-state index in [9.17, 15) is 0 Å². The Morgan fingerprint density at radius 2 is 2.27 bits per heavy atom. The van der Waals surface area contributed by atoms with Crippen LogP contribution in [0.1, 0.15) is 25.5 Å². The molecule has 0 aliphatic carbocycles. The summed E-state index contributed by atoms with van der Waals surface area (Å²) in [6, 6.07) is 0. The Labute approximate surface area is 90.5 Å². The summed E-state index contributed by atoms with van der Waals surface area (Å²) >= 11 is 0. The van der Waals surface area contributed by atoms with Crippen molar-refractivity contribution in [2.24, 2.45) is 11.7 Å². The zero-order valence-electron chi connectivity index (χ0n) is 9.19. The largest absolute Gasteiger partial charge is 0.355 e. The molecular formula is C11H18N4. The Bertz CT molecular complexity index is 326. The van der Waals surface area contributed by atoms with Crippen molar-refractivity contribution in [1.82, 2.24) is 9.97 Å². The molecule has 2 rings (SSSR count). The molecule has 82 valence electrons. The van der Waals surface area contributed by atoms with Crippen LogP contribution in [0.25, 0.3) is 0 Å². The van der Waals surface area contributed by atoms with Gasteiger partial charge in [0.15, 0.2) is 5.82 Å². The highest BCUT2D eigenvalue weighted by atomic mass is 15.2. The Morgan fingerprint density at radius 1 is 1.47 bits per heavy atom. The number of nitrogens with zero attached hydrogens (tertiary/aromatic N) is 3. The van der Waals surface area contributed by atoms with E-state index in [2.05, 4.69) is 21.8 Å². The molecule has 0 bridgehead atoms. The lowest BCUT2D eigenvalue weighted by Crippen LogP contribution is -2.23. The summed E-state index contributed by atoms with van der Waals surface area (Å²) in [5.41, 5.74) is 6.57. The van der Waals surface area contributed by atoms with E-state index in [0.29, 0.717) is 6.54 Å². The second-order valence-electron chi connectivity index (χ2n) is 4.04. The fourth-order valence-electron chi connectivity index (χ4n) is 2.13. The van der Waals surface area contributed by atoms with Crippen LogP contribution in [0.2, 0.25) is 0 Å². The molecule has 1 aromatic heterocycles. The molecule has 15 heavy (non-hydrogen) atoms. The number of anilines is 1. The van der Waals surface area contributed by atoms with Crippen LogP contribution in [0.15, 0.2) is 12.4 Å². The van der Waals surface area contributed by atoms with Gasteiger partial charge in [0.1, 0.15) is 0 Å². The fourth-order valence-corrected chi connectivity index (χ4v) is 2.13. The Morgan fingerprint density at radius 3 is 2.93 bits per heavy atom. The number of hydrogen-bond donors (Lipinski definition) is 1. The third-order valence-electron chi connectivity index (χ3n) is 3.11. The number of hydrogen-bond acceptors (Lipinski definition) is 4.